The normalized spacial score (nSPS) is 21.6. The van der Waals surface area contributed by atoms with Gasteiger partial charge >= 0.3 is 0 Å². The summed E-state index contributed by atoms with van der Waals surface area (Å²) in [4.78, 5) is 4.93. The molecule has 0 spiro atoms. The molecule has 2 saturated heterocycles. The quantitative estimate of drug-likeness (QED) is 0.867. The number of hydrogen-bond donors (Lipinski definition) is 1. The van der Waals surface area contributed by atoms with Crippen LogP contribution in [-0.4, -0.2) is 37.4 Å². The number of hydrogen-bond acceptors (Lipinski definition) is 3. The Balaban J connectivity index is 1.82. The van der Waals surface area contributed by atoms with E-state index >= 15 is 0 Å². The monoisotopic (exact) mass is 246 g/mol. The zero-order chi connectivity index (χ0) is 12.4. The van der Waals surface area contributed by atoms with Crippen molar-refractivity contribution in [3.63, 3.8) is 0 Å². The van der Waals surface area contributed by atoms with Crippen molar-refractivity contribution in [2.24, 2.45) is 0 Å². The van der Waals surface area contributed by atoms with Crippen LogP contribution >= 0.6 is 0 Å². The number of benzene rings is 1. The van der Waals surface area contributed by atoms with Crippen molar-refractivity contribution in [3.05, 3.63) is 24.3 Å². The molecule has 0 aliphatic carbocycles. The maximum Gasteiger partial charge on any atom is 0.0604 e. The molecular weight excluding hydrogens is 224 g/mol. The molecule has 0 atom stereocenters. The molecule has 0 amide bonds. The molecule has 0 radical (unpaired) electrons. The molecule has 3 rings (SSSR count). The summed E-state index contributed by atoms with van der Waals surface area (Å²) in [6, 6.07) is 8.73. The Morgan fingerprint density at radius 2 is 1.33 bits per heavy atom. The molecule has 3 heteroatoms. The van der Waals surface area contributed by atoms with Gasteiger partial charge in [-0.25, -0.2) is 0 Å². The van der Waals surface area contributed by atoms with Crippen LogP contribution in [0, 0.1) is 0 Å². The first-order chi connectivity index (χ1) is 8.84. The highest BCUT2D eigenvalue weighted by molar-refractivity contribution is 5.71. The minimum atomic E-state index is -0.0970. The van der Waals surface area contributed by atoms with E-state index in [1.165, 1.54) is 37.3 Å². The van der Waals surface area contributed by atoms with E-state index in [2.05, 4.69) is 34.1 Å². The van der Waals surface area contributed by atoms with Crippen molar-refractivity contribution in [3.8, 4) is 0 Å². The van der Waals surface area contributed by atoms with E-state index in [0.29, 0.717) is 0 Å². The van der Waals surface area contributed by atoms with E-state index in [1.807, 2.05) is 0 Å². The van der Waals surface area contributed by atoms with Gasteiger partial charge in [-0.3, -0.25) is 0 Å². The fourth-order valence-corrected chi connectivity index (χ4v) is 3.06. The second-order valence-corrected chi connectivity index (χ2v) is 5.40. The third-order valence-electron chi connectivity index (χ3n) is 4.13. The minimum absolute atomic E-state index is 0.0970. The summed E-state index contributed by atoms with van der Waals surface area (Å²) in [5.41, 5.74) is 2.73. The zero-order valence-corrected chi connectivity index (χ0v) is 10.9. The van der Waals surface area contributed by atoms with Gasteiger partial charge in [0.2, 0.25) is 0 Å². The first-order valence-corrected chi connectivity index (χ1v) is 7.11. The third kappa shape index (κ3) is 2.32. The standard InChI is InChI=1S/C15H22N2O/c18-13-7-11-17(12-8-13)15-6-2-1-5-14(15)16-9-3-4-10-16/h1-2,5-6,13,18H,3-4,7-12H2. The maximum absolute atomic E-state index is 9.62. The Hall–Kier alpha value is -1.22. The second-order valence-electron chi connectivity index (χ2n) is 5.40. The molecule has 1 aromatic rings. The summed E-state index contributed by atoms with van der Waals surface area (Å²) in [5, 5.41) is 9.62. The van der Waals surface area contributed by atoms with Gasteiger partial charge in [0.05, 0.1) is 17.5 Å². The van der Waals surface area contributed by atoms with Crippen molar-refractivity contribution in [2.75, 3.05) is 36.0 Å². The van der Waals surface area contributed by atoms with E-state index in [-0.39, 0.29) is 6.10 Å². The number of aliphatic hydroxyl groups excluding tert-OH is 1. The van der Waals surface area contributed by atoms with E-state index in [9.17, 15) is 5.11 Å². The van der Waals surface area contributed by atoms with Crippen molar-refractivity contribution in [1.29, 1.82) is 0 Å². The summed E-state index contributed by atoms with van der Waals surface area (Å²) in [5.74, 6) is 0. The van der Waals surface area contributed by atoms with Gasteiger partial charge in [-0.2, -0.15) is 0 Å². The van der Waals surface area contributed by atoms with E-state index in [0.717, 1.165) is 25.9 Å². The molecule has 0 aromatic heterocycles. The van der Waals surface area contributed by atoms with Crippen molar-refractivity contribution in [2.45, 2.75) is 31.8 Å². The third-order valence-corrected chi connectivity index (χ3v) is 4.13. The Morgan fingerprint density at radius 1 is 0.833 bits per heavy atom. The van der Waals surface area contributed by atoms with Gasteiger partial charge in [-0.15, -0.1) is 0 Å². The van der Waals surface area contributed by atoms with Crippen LogP contribution in [0.15, 0.2) is 24.3 Å². The van der Waals surface area contributed by atoms with Crippen LogP contribution in [0.1, 0.15) is 25.7 Å². The van der Waals surface area contributed by atoms with Gasteiger partial charge in [0.1, 0.15) is 0 Å². The lowest BCUT2D eigenvalue weighted by molar-refractivity contribution is 0.145. The second kappa shape index (κ2) is 5.19. The summed E-state index contributed by atoms with van der Waals surface area (Å²) in [6.07, 6.45) is 4.32. The lowest BCUT2D eigenvalue weighted by Gasteiger charge is -2.34. The van der Waals surface area contributed by atoms with E-state index in [4.69, 9.17) is 0 Å². The molecule has 18 heavy (non-hydrogen) atoms. The number of para-hydroxylation sites is 2. The van der Waals surface area contributed by atoms with Gasteiger partial charge in [0.15, 0.2) is 0 Å². The Kier molecular flexibility index (Phi) is 3.41. The average Bonchev–Trinajstić information content (AvgIpc) is 2.93. The van der Waals surface area contributed by atoms with Crippen LogP contribution < -0.4 is 9.80 Å². The SMILES string of the molecule is OC1CCN(c2ccccc2N2CCCC2)CC1. The highest BCUT2D eigenvalue weighted by Gasteiger charge is 2.22. The topological polar surface area (TPSA) is 26.7 Å². The summed E-state index contributed by atoms with van der Waals surface area (Å²) >= 11 is 0. The lowest BCUT2D eigenvalue weighted by Crippen LogP contribution is -2.36. The Labute approximate surface area is 109 Å². The Bertz CT molecular complexity index is 393. The number of aliphatic hydroxyl groups is 1. The first kappa shape index (κ1) is 11.8. The van der Waals surface area contributed by atoms with Gasteiger partial charge in [-0.05, 0) is 37.8 Å². The average molecular weight is 246 g/mol. The molecule has 2 heterocycles. The van der Waals surface area contributed by atoms with Crippen molar-refractivity contribution in [1.82, 2.24) is 0 Å². The molecule has 0 saturated carbocycles. The van der Waals surface area contributed by atoms with Gasteiger partial charge in [0.25, 0.3) is 0 Å². The molecule has 1 aromatic carbocycles. The van der Waals surface area contributed by atoms with E-state index < -0.39 is 0 Å². The smallest absolute Gasteiger partial charge is 0.0604 e. The van der Waals surface area contributed by atoms with Gasteiger partial charge in [0, 0.05) is 26.2 Å². The summed E-state index contributed by atoms with van der Waals surface area (Å²) in [6.45, 7) is 4.33. The summed E-state index contributed by atoms with van der Waals surface area (Å²) in [7, 11) is 0. The van der Waals surface area contributed by atoms with E-state index in [1.54, 1.807) is 0 Å². The van der Waals surface area contributed by atoms with Crippen molar-refractivity contribution >= 4 is 11.4 Å². The molecular formula is C15H22N2O. The zero-order valence-electron chi connectivity index (χ0n) is 10.9. The maximum atomic E-state index is 9.62. The molecule has 2 aliphatic rings. The van der Waals surface area contributed by atoms with Crippen LogP contribution in [0.2, 0.25) is 0 Å². The lowest BCUT2D eigenvalue weighted by atomic mass is 10.1. The molecule has 0 bridgehead atoms. The fourth-order valence-electron chi connectivity index (χ4n) is 3.06. The fraction of sp³-hybridized carbons (Fsp3) is 0.600. The van der Waals surface area contributed by atoms with Crippen LogP contribution in [0.4, 0.5) is 11.4 Å². The van der Waals surface area contributed by atoms with Crippen LogP contribution in [0.3, 0.4) is 0 Å². The minimum Gasteiger partial charge on any atom is -0.393 e. The highest BCUT2D eigenvalue weighted by Crippen LogP contribution is 2.33. The predicted molar refractivity (Wildman–Crippen MR) is 75.3 cm³/mol. The van der Waals surface area contributed by atoms with Crippen molar-refractivity contribution < 1.29 is 5.11 Å². The highest BCUT2D eigenvalue weighted by atomic mass is 16.3. The molecule has 3 nitrogen and oxygen atoms in total. The molecule has 0 unspecified atom stereocenters. The van der Waals surface area contributed by atoms with Gasteiger partial charge in [-0.1, -0.05) is 12.1 Å². The predicted octanol–water partition coefficient (Wildman–Crippen LogP) is 2.25. The summed E-state index contributed by atoms with van der Waals surface area (Å²) < 4.78 is 0. The largest absolute Gasteiger partial charge is 0.393 e. The van der Waals surface area contributed by atoms with Crippen LogP contribution in [0.25, 0.3) is 0 Å². The van der Waals surface area contributed by atoms with Gasteiger partial charge < -0.3 is 14.9 Å². The van der Waals surface area contributed by atoms with Crippen LogP contribution in [-0.2, 0) is 0 Å². The molecule has 98 valence electrons. The number of nitrogens with zero attached hydrogens (tertiary/aromatic N) is 2. The molecule has 1 N–H and O–H groups in total. The molecule has 2 fully saturated rings. The molecule has 2 aliphatic heterocycles. The van der Waals surface area contributed by atoms with Crippen LogP contribution in [0.5, 0.6) is 0 Å². The number of rotatable bonds is 2. The first-order valence-electron chi connectivity index (χ1n) is 7.11. The number of anilines is 2. The Morgan fingerprint density at radius 3 is 1.89 bits per heavy atom. The number of piperidine rings is 1.